The summed E-state index contributed by atoms with van der Waals surface area (Å²) in [5, 5.41) is 9.62. The highest BCUT2D eigenvalue weighted by molar-refractivity contribution is 7.10. The van der Waals surface area contributed by atoms with Crippen LogP contribution in [0.2, 0.25) is 0 Å². The van der Waals surface area contributed by atoms with Gasteiger partial charge < -0.3 is 10.6 Å². The molecule has 1 aromatic heterocycles. The maximum atomic E-state index is 7.52. The monoisotopic (exact) mass is 273 g/mol. The Morgan fingerprint density at radius 2 is 2.11 bits per heavy atom. The molecule has 0 radical (unpaired) electrons. The highest BCUT2D eigenvalue weighted by Gasteiger charge is 2.14. The first-order chi connectivity index (χ1) is 9.00. The van der Waals surface area contributed by atoms with E-state index in [-0.39, 0.29) is 5.84 Å². The molecule has 1 atom stereocenters. The lowest BCUT2D eigenvalue weighted by molar-refractivity contribution is 0.754. The van der Waals surface area contributed by atoms with Gasteiger partial charge in [-0.15, -0.1) is 11.3 Å². The van der Waals surface area contributed by atoms with Gasteiger partial charge in [-0.05, 0) is 49.1 Å². The van der Waals surface area contributed by atoms with Crippen molar-refractivity contribution < 1.29 is 0 Å². The van der Waals surface area contributed by atoms with Crippen LogP contribution in [-0.2, 0) is 0 Å². The predicted molar refractivity (Wildman–Crippen MR) is 83.3 cm³/mol. The summed E-state index contributed by atoms with van der Waals surface area (Å²) in [5.74, 6) is 0.123. The first-order valence-corrected chi connectivity index (χ1v) is 7.10. The number of hydrogen-bond donors (Lipinski definition) is 2. The van der Waals surface area contributed by atoms with Gasteiger partial charge in [0, 0.05) is 23.2 Å². The van der Waals surface area contributed by atoms with Crippen molar-refractivity contribution in [2.75, 3.05) is 11.9 Å². The molecule has 2 rings (SSSR count). The summed E-state index contributed by atoms with van der Waals surface area (Å²) >= 11 is 1.77. The molecule has 4 heteroatoms. The summed E-state index contributed by atoms with van der Waals surface area (Å²) in [4.78, 5) is 3.58. The third-order valence-electron chi connectivity index (χ3n) is 3.44. The van der Waals surface area contributed by atoms with Crippen molar-refractivity contribution >= 4 is 22.9 Å². The molecule has 0 spiro atoms. The Morgan fingerprint density at radius 1 is 1.37 bits per heavy atom. The van der Waals surface area contributed by atoms with E-state index in [2.05, 4.69) is 42.5 Å². The maximum Gasteiger partial charge on any atom is 0.123 e. The summed E-state index contributed by atoms with van der Waals surface area (Å²) in [6, 6.07) is 10.6. The van der Waals surface area contributed by atoms with E-state index in [1.807, 2.05) is 19.1 Å². The fourth-order valence-electron chi connectivity index (χ4n) is 2.11. The van der Waals surface area contributed by atoms with Gasteiger partial charge in [0.2, 0.25) is 0 Å². The molecule has 3 N–H and O–H groups in total. The fourth-order valence-corrected chi connectivity index (χ4v) is 2.94. The smallest absolute Gasteiger partial charge is 0.123 e. The Hall–Kier alpha value is -1.81. The zero-order chi connectivity index (χ0) is 14.0. The van der Waals surface area contributed by atoms with Crippen LogP contribution >= 0.6 is 11.3 Å². The average Bonchev–Trinajstić information content (AvgIpc) is 2.90. The number of nitrogens with two attached hydrogens (primary N) is 1. The Kier molecular flexibility index (Phi) is 3.90. The Labute approximate surface area is 118 Å². The topological polar surface area (TPSA) is 53.1 Å². The van der Waals surface area contributed by atoms with Crippen molar-refractivity contribution in [3.63, 3.8) is 0 Å². The number of nitrogen functional groups attached to an aromatic ring is 1. The van der Waals surface area contributed by atoms with Crippen LogP contribution in [0.1, 0.15) is 29.0 Å². The van der Waals surface area contributed by atoms with Crippen LogP contribution in [0.4, 0.5) is 5.69 Å². The van der Waals surface area contributed by atoms with Gasteiger partial charge in [0.1, 0.15) is 5.84 Å². The van der Waals surface area contributed by atoms with Gasteiger partial charge in [-0.3, -0.25) is 5.41 Å². The maximum absolute atomic E-state index is 7.52. The van der Waals surface area contributed by atoms with Crippen molar-refractivity contribution in [1.29, 1.82) is 5.41 Å². The molecular formula is C15H19N3S. The van der Waals surface area contributed by atoms with Crippen molar-refractivity contribution in [2.45, 2.75) is 19.9 Å². The molecule has 100 valence electrons. The van der Waals surface area contributed by atoms with Crippen LogP contribution in [0.15, 0.2) is 35.7 Å². The second-order valence-electron chi connectivity index (χ2n) is 4.72. The lowest BCUT2D eigenvalue weighted by Gasteiger charge is -2.27. The zero-order valence-corrected chi connectivity index (χ0v) is 12.3. The third-order valence-corrected chi connectivity index (χ3v) is 4.49. The number of amidine groups is 1. The third kappa shape index (κ3) is 2.79. The molecular weight excluding hydrogens is 254 g/mol. The summed E-state index contributed by atoms with van der Waals surface area (Å²) < 4.78 is 0. The molecule has 2 aromatic rings. The van der Waals surface area contributed by atoms with Crippen LogP contribution in [0.3, 0.4) is 0 Å². The van der Waals surface area contributed by atoms with Crippen molar-refractivity contribution in [3.8, 4) is 0 Å². The summed E-state index contributed by atoms with van der Waals surface area (Å²) in [6.07, 6.45) is 0. The van der Waals surface area contributed by atoms with Crippen molar-refractivity contribution in [3.05, 3.63) is 51.7 Å². The molecule has 0 bridgehead atoms. The number of anilines is 1. The quantitative estimate of drug-likeness (QED) is 0.661. The molecule has 1 heterocycles. The highest BCUT2D eigenvalue weighted by atomic mass is 32.1. The van der Waals surface area contributed by atoms with Crippen LogP contribution in [0, 0.1) is 12.3 Å². The Morgan fingerprint density at radius 3 is 2.63 bits per heavy atom. The van der Waals surface area contributed by atoms with E-state index in [4.69, 9.17) is 11.1 Å². The molecule has 0 aliphatic heterocycles. The van der Waals surface area contributed by atoms with Crippen LogP contribution in [0.5, 0.6) is 0 Å². The molecule has 3 nitrogen and oxygen atoms in total. The van der Waals surface area contributed by atoms with E-state index in [1.165, 1.54) is 4.88 Å². The zero-order valence-electron chi connectivity index (χ0n) is 11.5. The minimum Gasteiger partial charge on any atom is -0.384 e. The minimum atomic E-state index is 0.123. The largest absolute Gasteiger partial charge is 0.384 e. The van der Waals surface area contributed by atoms with Crippen LogP contribution in [0.25, 0.3) is 0 Å². The van der Waals surface area contributed by atoms with Gasteiger partial charge in [0.25, 0.3) is 0 Å². The average molecular weight is 273 g/mol. The molecule has 19 heavy (non-hydrogen) atoms. The number of hydrogen-bond acceptors (Lipinski definition) is 3. The van der Waals surface area contributed by atoms with Crippen LogP contribution < -0.4 is 10.6 Å². The van der Waals surface area contributed by atoms with E-state index in [0.29, 0.717) is 6.04 Å². The summed E-state index contributed by atoms with van der Waals surface area (Å²) in [7, 11) is 2.09. The van der Waals surface area contributed by atoms with E-state index >= 15 is 0 Å². The predicted octanol–water partition coefficient (Wildman–Crippen LogP) is 3.54. The van der Waals surface area contributed by atoms with Gasteiger partial charge in [0.05, 0.1) is 6.04 Å². The van der Waals surface area contributed by atoms with E-state index in [0.717, 1.165) is 16.8 Å². The lowest BCUT2D eigenvalue weighted by Crippen LogP contribution is -2.21. The van der Waals surface area contributed by atoms with Gasteiger partial charge in [-0.2, -0.15) is 0 Å². The molecule has 0 saturated heterocycles. The molecule has 1 unspecified atom stereocenters. The number of nitrogens with one attached hydrogen (secondary N) is 1. The number of nitrogens with zero attached hydrogens (tertiary/aromatic N) is 1. The second kappa shape index (κ2) is 5.45. The van der Waals surface area contributed by atoms with Crippen molar-refractivity contribution in [1.82, 2.24) is 0 Å². The normalized spacial score (nSPS) is 12.2. The van der Waals surface area contributed by atoms with Gasteiger partial charge in [0.15, 0.2) is 0 Å². The van der Waals surface area contributed by atoms with E-state index in [9.17, 15) is 0 Å². The Bertz CT molecular complexity index is 575. The SMILES string of the molecule is Cc1cc(N(C)C(C)c2cccs2)ccc1C(=N)N. The standard InChI is InChI=1S/C15H19N3S/c1-10-9-12(6-7-13(10)15(16)17)18(3)11(2)14-5-4-8-19-14/h4-9,11H,1-3H3,(H3,16,17). The lowest BCUT2D eigenvalue weighted by atomic mass is 10.1. The molecule has 1 aromatic carbocycles. The second-order valence-corrected chi connectivity index (χ2v) is 5.69. The number of rotatable bonds is 4. The Balaban J connectivity index is 2.27. The van der Waals surface area contributed by atoms with E-state index < -0.39 is 0 Å². The molecule has 0 amide bonds. The number of benzene rings is 1. The minimum absolute atomic E-state index is 0.123. The summed E-state index contributed by atoms with van der Waals surface area (Å²) in [5.41, 5.74) is 8.53. The van der Waals surface area contributed by atoms with E-state index in [1.54, 1.807) is 11.3 Å². The first kappa shape index (κ1) is 13.6. The molecule has 0 aliphatic carbocycles. The van der Waals surface area contributed by atoms with Crippen molar-refractivity contribution in [2.24, 2.45) is 5.73 Å². The number of thiophene rings is 1. The first-order valence-electron chi connectivity index (χ1n) is 6.22. The molecule has 0 saturated carbocycles. The molecule has 0 fully saturated rings. The fraction of sp³-hybridized carbons (Fsp3) is 0.267. The molecule has 0 aliphatic rings. The summed E-state index contributed by atoms with van der Waals surface area (Å²) in [6.45, 7) is 4.18. The van der Waals surface area contributed by atoms with Gasteiger partial charge >= 0.3 is 0 Å². The van der Waals surface area contributed by atoms with Gasteiger partial charge in [-0.25, -0.2) is 0 Å². The highest BCUT2D eigenvalue weighted by Crippen LogP contribution is 2.29. The van der Waals surface area contributed by atoms with Gasteiger partial charge in [-0.1, -0.05) is 6.07 Å². The number of aryl methyl sites for hydroxylation is 1. The van der Waals surface area contributed by atoms with Crippen LogP contribution in [-0.4, -0.2) is 12.9 Å².